The normalized spacial score (nSPS) is 11.3. The second-order valence-electron chi connectivity index (χ2n) is 5.76. The summed E-state index contributed by atoms with van der Waals surface area (Å²) < 4.78 is 5.74. The molecule has 3 rings (SSSR count). The lowest BCUT2D eigenvalue weighted by Gasteiger charge is -2.10. The van der Waals surface area contributed by atoms with E-state index in [1.165, 1.54) is 6.20 Å². The number of rotatable bonds is 5. The number of nitrogens with zero attached hydrogens (tertiary/aromatic N) is 1. The largest absolute Gasteiger partial charge is 0.492 e. The van der Waals surface area contributed by atoms with Crippen LogP contribution in [0.2, 0.25) is 0 Å². The summed E-state index contributed by atoms with van der Waals surface area (Å²) in [5.74, 6) is 0.811. The fraction of sp³-hybridized carbons (Fsp3) is 0.235. The molecule has 0 aliphatic rings. The van der Waals surface area contributed by atoms with Crippen LogP contribution in [-0.4, -0.2) is 42.1 Å². The molecule has 2 aromatic heterocycles. The van der Waals surface area contributed by atoms with Crippen LogP contribution >= 0.6 is 0 Å². The van der Waals surface area contributed by atoms with Gasteiger partial charge >= 0.3 is 0 Å². The number of nitrogens with one attached hydrogen (secondary N) is 2. The zero-order chi connectivity index (χ0) is 16.4. The Bertz CT molecular complexity index is 880. The maximum Gasteiger partial charge on any atom is 0.257 e. The minimum Gasteiger partial charge on any atom is -0.492 e. The Hall–Kier alpha value is -2.73. The Morgan fingerprint density at radius 2 is 2.04 bits per heavy atom. The molecule has 0 bridgehead atoms. The van der Waals surface area contributed by atoms with E-state index in [1.807, 2.05) is 38.4 Å². The van der Waals surface area contributed by atoms with Gasteiger partial charge in [-0.3, -0.25) is 4.79 Å². The van der Waals surface area contributed by atoms with Gasteiger partial charge in [0.25, 0.3) is 5.56 Å². The van der Waals surface area contributed by atoms with Gasteiger partial charge in [0.2, 0.25) is 0 Å². The molecular weight excluding hydrogens is 292 g/mol. The molecule has 6 heteroatoms. The minimum absolute atomic E-state index is 0.173. The molecule has 23 heavy (non-hydrogen) atoms. The number of hydrogen-bond acceptors (Lipinski definition) is 4. The molecule has 0 aliphatic heterocycles. The van der Waals surface area contributed by atoms with E-state index in [0.717, 1.165) is 28.9 Å². The number of anilines is 1. The highest BCUT2D eigenvalue weighted by Crippen LogP contribution is 2.26. The highest BCUT2D eigenvalue weighted by atomic mass is 16.5. The number of nitrogen functional groups attached to an aromatic ring is 1. The molecule has 0 aliphatic carbocycles. The number of pyridine rings is 1. The van der Waals surface area contributed by atoms with Crippen molar-refractivity contribution in [2.45, 2.75) is 0 Å². The number of nitrogens with two attached hydrogens (primary N) is 1. The quantitative estimate of drug-likeness (QED) is 0.673. The molecule has 0 unspecified atom stereocenters. The molecule has 0 amide bonds. The molecule has 0 saturated carbocycles. The first-order valence-corrected chi connectivity index (χ1v) is 7.42. The average Bonchev–Trinajstić information content (AvgIpc) is 2.92. The third kappa shape index (κ3) is 3.37. The zero-order valence-corrected chi connectivity index (χ0v) is 13.2. The molecule has 0 spiro atoms. The second-order valence-corrected chi connectivity index (χ2v) is 5.76. The molecule has 0 atom stereocenters. The first-order valence-electron chi connectivity index (χ1n) is 7.42. The Labute approximate surface area is 133 Å². The van der Waals surface area contributed by atoms with Crippen LogP contribution in [0.3, 0.4) is 0 Å². The second kappa shape index (κ2) is 6.18. The standard InChI is InChI=1S/C17H20N4O2/c1-21(2)5-6-23-13-3-4-15-11(7-13)8-16(20-15)14-9-12(18)10-19-17(14)22/h3-4,7-10,20H,5-6,18H2,1-2H3,(H,19,22). The number of fused-ring (bicyclic) bond motifs is 1. The smallest absolute Gasteiger partial charge is 0.257 e. The van der Waals surface area contributed by atoms with Crippen LogP contribution in [0.25, 0.3) is 22.2 Å². The molecule has 3 aromatic rings. The first kappa shape index (κ1) is 15.2. The highest BCUT2D eigenvalue weighted by molar-refractivity contribution is 5.87. The number of H-pyrrole nitrogens is 2. The SMILES string of the molecule is CN(C)CCOc1ccc2[nH]c(-c3cc(N)c[nH]c3=O)cc2c1. The summed E-state index contributed by atoms with van der Waals surface area (Å²) in [6.45, 7) is 1.49. The molecule has 4 N–H and O–H groups in total. The van der Waals surface area contributed by atoms with Crippen molar-refractivity contribution in [3.05, 3.63) is 46.9 Å². The van der Waals surface area contributed by atoms with Crippen LogP contribution in [-0.2, 0) is 0 Å². The van der Waals surface area contributed by atoms with Gasteiger partial charge in [0, 0.05) is 29.3 Å². The average molecular weight is 312 g/mol. The molecule has 0 radical (unpaired) electrons. The van der Waals surface area contributed by atoms with Crippen LogP contribution in [0.4, 0.5) is 5.69 Å². The lowest BCUT2D eigenvalue weighted by Crippen LogP contribution is -2.19. The molecule has 6 nitrogen and oxygen atoms in total. The van der Waals surface area contributed by atoms with Crippen molar-refractivity contribution < 1.29 is 4.74 Å². The molecule has 0 fully saturated rings. The maximum atomic E-state index is 12.0. The fourth-order valence-electron chi connectivity index (χ4n) is 2.39. The van der Waals surface area contributed by atoms with Gasteiger partial charge in [-0.15, -0.1) is 0 Å². The van der Waals surface area contributed by atoms with Crippen molar-refractivity contribution >= 4 is 16.6 Å². The van der Waals surface area contributed by atoms with E-state index in [9.17, 15) is 4.79 Å². The van der Waals surface area contributed by atoms with E-state index in [1.54, 1.807) is 6.07 Å². The Balaban J connectivity index is 1.90. The van der Waals surface area contributed by atoms with Gasteiger partial charge in [-0.1, -0.05) is 0 Å². The van der Waals surface area contributed by atoms with Gasteiger partial charge in [0.15, 0.2) is 0 Å². The highest BCUT2D eigenvalue weighted by Gasteiger charge is 2.08. The van der Waals surface area contributed by atoms with Crippen LogP contribution < -0.4 is 16.0 Å². The van der Waals surface area contributed by atoms with Crippen molar-refractivity contribution in [2.24, 2.45) is 0 Å². The summed E-state index contributed by atoms with van der Waals surface area (Å²) in [6, 6.07) is 9.42. The number of aromatic nitrogens is 2. The Morgan fingerprint density at radius 3 is 2.83 bits per heavy atom. The zero-order valence-electron chi connectivity index (χ0n) is 13.2. The van der Waals surface area contributed by atoms with E-state index in [0.29, 0.717) is 17.9 Å². The first-order chi connectivity index (χ1) is 11.0. The summed E-state index contributed by atoms with van der Waals surface area (Å²) in [5, 5.41) is 0.990. The van der Waals surface area contributed by atoms with Crippen molar-refractivity contribution in [1.29, 1.82) is 0 Å². The third-order valence-corrected chi connectivity index (χ3v) is 3.62. The number of benzene rings is 1. The fourth-order valence-corrected chi connectivity index (χ4v) is 2.39. The van der Waals surface area contributed by atoms with Gasteiger partial charge in [-0.25, -0.2) is 0 Å². The molecule has 2 heterocycles. The van der Waals surface area contributed by atoms with Crippen molar-refractivity contribution in [1.82, 2.24) is 14.9 Å². The van der Waals surface area contributed by atoms with Gasteiger partial charge < -0.3 is 25.3 Å². The molecule has 1 aromatic carbocycles. The lowest BCUT2D eigenvalue weighted by atomic mass is 10.2. The van der Waals surface area contributed by atoms with Gasteiger partial charge in [0.1, 0.15) is 12.4 Å². The minimum atomic E-state index is -0.173. The van der Waals surface area contributed by atoms with E-state index < -0.39 is 0 Å². The van der Waals surface area contributed by atoms with E-state index in [4.69, 9.17) is 10.5 Å². The van der Waals surface area contributed by atoms with Crippen LogP contribution in [0.1, 0.15) is 0 Å². The van der Waals surface area contributed by atoms with Crippen LogP contribution in [0.5, 0.6) is 5.75 Å². The van der Waals surface area contributed by atoms with E-state index in [2.05, 4.69) is 14.9 Å². The monoisotopic (exact) mass is 312 g/mol. The predicted octanol–water partition coefficient (Wildman–Crippen LogP) is 2.05. The Morgan fingerprint density at radius 1 is 1.22 bits per heavy atom. The van der Waals surface area contributed by atoms with Gasteiger partial charge in [-0.05, 0) is 44.4 Å². The molecular formula is C17H20N4O2. The molecule has 120 valence electrons. The van der Waals surface area contributed by atoms with Crippen LogP contribution in [0, 0.1) is 0 Å². The maximum absolute atomic E-state index is 12.0. The number of likely N-dealkylation sites (N-methyl/N-ethyl adjacent to an activating group) is 1. The topological polar surface area (TPSA) is 87.1 Å². The van der Waals surface area contributed by atoms with Crippen molar-refractivity contribution in [3.63, 3.8) is 0 Å². The van der Waals surface area contributed by atoms with Crippen molar-refractivity contribution in [2.75, 3.05) is 33.0 Å². The summed E-state index contributed by atoms with van der Waals surface area (Å²) in [6.07, 6.45) is 1.49. The summed E-state index contributed by atoms with van der Waals surface area (Å²) in [5.41, 5.74) is 8.31. The number of aromatic amines is 2. The van der Waals surface area contributed by atoms with Gasteiger partial charge in [0.05, 0.1) is 11.3 Å². The summed E-state index contributed by atoms with van der Waals surface area (Å²) >= 11 is 0. The summed E-state index contributed by atoms with van der Waals surface area (Å²) in [4.78, 5) is 19.9. The lowest BCUT2D eigenvalue weighted by molar-refractivity contribution is 0.261. The Kier molecular flexibility index (Phi) is 4.08. The molecule has 0 saturated heterocycles. The summed E-state index contributed by atoms with van der Waals surface area (Å²) in [7, 11) is 4.02. The third-order valence-electron chi connectivity index (χ3n) is 3.62. The van der Waals surface area contributed by atoms with Gasteiger partial charge in [-0.2, -0.15) is 0 Å². The van der Waals surface area contributed by atoms with Crippen LogP contribution in [0.15, 0.2) is 41.3 Å². The number of ether oxygens (including phenoxy) is 1. The van der Waals surface area contributed by atoms with Crippen molar-refractivity contribution in [3.8, 4) is 17.0 Å². The number of hydrogen-bond donors (Lipinski definition) is 3. The van der Waals surface area contributed by atoms with E-state index in [-0.39, 0.29) is 5.56 Å². The predicted molar refractivity (Wildman–Crippen MR) is 92.8 cm³/mol. The van der Waals surface area contributed by atoms with E-state index >= 15 is 0 Å².